The molecule has 0 saturated carbocycles. The van der Waals surface area contributed by atoms with Gasteiger partial charge in [0.15, 0.2) is 6.61 Å². The van der Waals surface area contributed by atoms with Gasteiger partial charge in [0.25, 0.3) is 0 Å². The molecule has 0 atom stereocenters. The van der Waals surface area contributed by atoms with Crippen LogP contribution in [-0.4, -0.2) is 30.6 Å². The first-order valence-corrected chi connectivity index (χ1v) is 5.96. The summed E-state index contributed by atoms with van der Waals surface area (Å²) < 4.78 is 10.5. The van der Waals surface area contributed by atoms with Gasteiger partial charge in [0.2, 0.25) is 5.90 Å². The van der Waals surface area contributed by atoms with E-state index in [1.54, 1.807) is 0 Å². The average molecular weight is 247 g/mol. The van der Waals surface area contributed by atoms with Gasteiger partial charge >= 0.3 is 5.97 Å². The van der Waals surface area contributed by atoms with Gasteiger partial charge in [-0.1, -0.05) is 30.3 Å². The molecule has 0 radical (unpaired) electrons. The van der Waals surface area contributed by atoms with Crippen molar-refractivity contribution >= 4 is 11.9 Å². The molecule has 0 amide bonds. The van der Waals surface area contributed by atoms with Crippen LogP contribution in [-0.2, 0) is 20.7 Å². The second kappa shape index (κ2) is 5.21. The van der Waals surface area contributed by atoms with Crippen molar-refractivity contribution in [2.75, 3.05) is 13.2 Å². The van der Waals surface area contributed by atoms with Gasteiger partial charge in [-0.05, 0) is 19.4 Å². The molecule has 1 aliphatic heterocycles. The van der Waals surface area contributed by atoms with Gasteiger partial charge in [-0.3, -0.25) is 4.79 Å². The van der Waals surface area contributed by atoms with Crippen LogP contribution in [0, 0.1) is 0 Å². The van der Waals surface area contributed by atoms with Gasteiger partial charge in [0, 0.05) is 0 Å². The zero-order valence-corrected chi connectivity index (χ0v) is 10.7. The van der Waals surface area contributed by atoms with Crippen molar-refractivity contribution in [3.8, 4) is 0 Å². The molecular formula is C14H17NO3. The first-order valence-electron chi connectivity index (χ1n) is 5.96. The highest BCUT2D eigenvalue weighted by atomic mass is 16.6. The van der Waals surface area contributed by atoms with Crippen LogP contribution in [0.25, 0.3) is 0 Å². The van der Waals surface area contributed by atoms with Crippen molar-refractivity contribution in [3.63, 3.8) is 0 Å². The molecule has 0 fully saturated rings. The minimum Gasteiger partial charge on any atom is -0.476 e. The van der Waals surface area contributed by atoms with Crippen molar-refractivity contribution in [1.29, 1.82) is 0 Å². The van der Waals surface area contributed by atoms with E-state index >= 15 is 0 Å². The predicted octanol–water partition coefficient (Wildman–Crippen LogP) is 1.98. The first-order chi connectivity index (χ1) is 8.55. The summed E-state index contributed by atoms with van der Waals surface area (Å²) in [5, 5.41) is 0. The van der Waals surface area contributed by atoms with Gasteiger partial charge in [0.05, 0.1) is 12.0 Å². The molecule has 96 valence electrons. The van der Waals surface area contributed by atoms with E-state index < -0.39 is 0 Å². The Morgan fingerprint density at radius 2 is 2.11 bits per heavy atom. The molecule has 0 aliphatic carbocycles. The van der Waals surface area contributed by atoms with Gasteiger partial charge in [0.1, 0.15) is 6.61 Å². The second-order valence-electron chi connectivity index (χ2n) is 4.93. The Morgan fingerprint density at radius 1 is 1.39 bits per heavy atom. The molecule has 4 nitrogen and oxygen atoms in total. The summed E-state index contributed by atoms with van der Waals surface area (Å²) in [7, 11) is 0. The number of ether oxygens (including phenoxy) is 2. The van der Waals surface area contributed by atoms with E-state index in [2.05, 4.69) is 4.99 Å². The van der Waals surface area contributed by atoms with Crippen LogP contribution in [0.15, 0.2) is 35.3 Å². The maximum Gasteiger partial charge on any atom is 0.310 e. The van der Waals surface area contributed by atoms with Crippen LogP contribution >= 0.6 is 0 Å². The summed E-state index contributed by atoms with van der Waals surface area (Å²) in [5.41, 5.74) is 0.735. The molecule has 0 unspecified atom stereocenters. The fourth-order valence-electron chi connectivity index (χ4n) is 1.69. The van der Waals surface area contributed by atoms with E-state index in [1.165, 1.54) is 0 Å². The molecule has 0 bridgehead atoms. The lowest BCUT2D eigenvalue weighted by Gasteiger charge is -2.07. The lowest BCUT2D eigenvalue weighted by Crippen LogP contribution is -2.17. The maximum absolute atomic E-state index is 11.6. The van der Waals surface area contributed by atoms with E-state index in [4.69, 9.17) is 9.47 Å². The van der Waals surface area contributed by atoms with Crippen LogP contribution < -0.4 is 0 Å². The smallest absolute Gasteiger partial charge is 0.310 e. The molecule has 1 heterocycles. The Hall–Kier alpha value is -1.84. The van der Waals surface area contributed by atoms with E-state index in [0.29, 0.717) is 12.5 Å². The van der Waals surface area contributed by atoms with E-state index in [0.717, 1.165) is 5.56 Å². The number of hydrogen-bond donors (Lipinski definition) is 0. The van der Waals surface area contributed by atoms with Crippen molar-refractivity contribution in [2.24, 2.45) is 4.99 Å². The monoisotopic (exact) mass is 247 g/mol. The number of esters is 1. The Labute approximate surface area is 107 Å². The Bertz CT molecular complexity index is 451. The van der Waals surface area contributed by atoms with E-state index in [-0.39, 0.29) is 24.5 Å². The number of carbonyl (C=O) groups is 1. The molecule has 1 aliphatic rings. The summed E-state index contributed by atoms with van der Waals surface area (Å²) in [4.78, 5) is 15.9. The van der Waals surface area contributed by atoms with Crippen molar-refractivity contribution in [3.05, 3.63) is 35.9 Å². The Kier molecular flexibility index (Phi) is 3.65. The SMILES string of the molecule is CC1(C)COC(COC(=O)Cc2ccccc2)=N1. The molecule has 0 aromatic heterocycles. The van der Waals surface area contributed by atoms with Gasteiger partial charge in [-0.15, -0.1) is 0 Å². The molecular weight excluding hydrogens is 230 g/mol. The van der Waals surface area contributed by atoms with Crippen LogP contribution in [0.2, 0.25) is 0 Å². The molecule has 0 saturated heterocycles. The maximum atomic E-state index is 11.6. The molecule has 2 rings (SSSR count). The molecule has 1 aromatic rings. The number of rotatable bonds is 4. The highest BCUT2D eigenvalue weighted by Crippen LogP contribution is 2.16. The van der Waals surface area contributed by atoms with E-state index in [1.807, 2.05) is 44.2 Å². The quantitative estimate of drug-likeness (QED) is 0.764. The zero-order valence-electron chi connectivity index (χ0n) is 10.7. The minimum absolute atomic E-state index is 0.120. The molecule has 18 heavy (non-hydrogen) atoms. The summed E-state index contributed by atoms with van der Waals surface area (Å²) in [6, 6.07) is 9.50. The number of benzene rings is 1. The average Bonchev–Trinajstić information content (AvgIpc) is 2.68. The summed E-state index contributed by atoms with van der Waals surface area (Å²) >= 11 is 0. The largest absolute Gasteiger partial charge is 0.476 e. The number of hydrogen-bond acceptors (Lipinski definition) is 4. The fraction of sp³-hybridized carbons (Fsp3) is 0.429. The lowest BCUT2D eigenvalue weighted by molar-refractivity contribution is -0.141. The second-order valence-corrected chi connectivity index (χ2v) is 4.93. The van der Waals surface area contributed by atoms with Crippen LogP contribution in [0.4, 0.5) is 0 Å². The Balaban J connectivity index is 1.79. The number of carbonyl (C=O) groups excluding carboxylic acids is 1. The summed E-state index contributed by atoms with van der Waals surface area (Å²) in [5.74, 6) is 0.235. The van der Waals surface area contributed by atoms with Crippen LogP contribution in [0.3, 0.4) is 0 Å². The summed E-state index contributed by atoms with van der Waals surface area (Å²) in [6.07, 6.45) is 0.275. The first kappa shape index (κ1) is 12.6. The third-order valence-electron chi connectivity index (χ3n) is 2.57. The van der Waals surface area contributed by atoms with Gasteiger partial charge < -0.3 is 9.47 Å². The van der Waals surface area contributed by atoms with Crippen molar-refractivity contribution in [1.82, 2.24) is 0 Å². The van der Waals surface area contributed by atoms with Crippen LogP contribution in [0.1, 0.15) is 19.4 Å². The molecule has 0 spiro atoms. The molecule has 0 N–H and O–H groups in total. The predicted molar refractivity (Wildman–Crippen MR) is 68.6 cm³/mol. The van der Waals surface area contributed by atoms with Gasteiger partial charge in [-0.25, -0.2) is 4.99 Å². The van der Waals surface area contributed by atoms with Gasteiger partial charge in [-0.2, -0.15) is 0 Å². The Morgan fingerprint density at radius 3 is 2.72 bits per heavy atom. The third-order valence-corrected chi connectivity index (χ3v) is 2.57. The molecule has 4 heteroatoms. The highest BCUT2D eigenvalue weighted by Gasteiger charge is 2.26. The zero-order chi connectivity index (χ0) is 13.0. The number of aliphatic imine (C=N–C) groups is 1. The fourth-order valence-corrected chi connectivity index (χ4v) is 1.69. The normalized spacial score (nSPS) is 16.9. The van der Waals surface area contributed by atoms with Crippen LogP contribution in [0.5, 0.6) is 0 Å². The standard InChI is InChI=1S/C14H17NO3/c1-14(2)10-18-12(15-14)9-17-13(16)8-11-6-4-3-5-7-11/h3-7H,8-10H2,1-2H3. The highest BCUT2D eigenvalue weighted by molar-refractivity contribution is 5.82. The third kappa shape index (κ3) is 3.58. The lowest BCUT2D eigenvalue weighted by atomic mass is 10.1. The minimum atomic E-state index is -0.266. The molecule has 1 aromatic carbocycles. The van der Waals surface area contributed by atoms with Crippen molar-refractivity contribution < 1.29 is 14.3 Å². The van der Waals surface area contributed by atoms with E-state index in [9.17, 15) is 4.79 Å². The number of nitrogens with zero attached hydrogens (tertiary/aromatic N) is 1. The topological polar surface area (TPSA) is 47.9 Å². The van der Waals surface area contributed by atoms with Crippen molar-refractivity contribution in [2.45, 2.75) is 25.8 Å². The summed E-state index contributed by atoms with van der Waals surface area (Å²) in [6.45, 7) is 4.62.